The standard InChI is InChI=1S/C13H20N2O2/c1-10(7-8-14)13(17)15(2)9-11-3-5-12(16)6-4-11/h3-6,10,16H,7-9,14H2,1-2H3. The summed E-state index contributed by atoms with van der Waals surface area (Å²) in [6.45, 7) is 2.97. The van der Waals surface area contributed by atoms with Gasteiger partial charge in [-0.2, -0.15) is 0 Å². The summed E-state index contributed by atoms with van der Waals surface area (Å²) >= 11 is 0. The van der Waals surface area contributed by atoms with Crippen molar-refractivity contribution >= 4 is 5.91 Å². The van der Waals surface area contributed by atoms with Gasteiger partial charge in [0.15, 0.2) is 0 Å². The fourth-order valence-corrected chi connectivity index (χ4v) is 1.70. The Morgan fingerprint density at radius 2 is 2.00 bits per heavy atom. The number of nitrogens with two attached hydrogens (primary N) is 1. The van der Waals surface area contributed by atoms with E-state index >= 15 is 0 Å². The highest BCUT2D eigenvalue weighted by atomic mass is 16.3. The van der Waals surface area contributed by atoms with Gasteiger partial charge in [0.25, 0.3) is 0 Å². The lowest BCUT2D eigenvalue weighted by atomic mass is 10.1. The number of aromatic hydroxyl groups is 1. The molecular weight excluding hydrogens is 216 g/mol. The van der Waals surface area contributed by atoms with Crippen molar-refractivity contribution in [1.29, 1.82) is 0 Å². The van der Waals surface area contributed by atoms with Crippen LogP contribution in [-0.4, -0.2) is 29.5 Å². The normalized spacial score (nSPS) is 12.2. The minimum absolute atomic E-state index is 0.0397. The van der Waals surface area contributed by atoms with Gasteiger partial charge >= 0.3 is 0 Å². The molecule has 17 heavy (non-hydrogen) atoms. The molecule has 0 saturated heterocycles. The molecule has 1 amide bonds. The molecule has 0 radical (unpaired) electrons. The van der Waals surface area contributed by atoms with Crippen molar-refractivity contribution in [3.63, 3.8) is 0 Å². The fraction of sp³-hybridized carbons (Fsp3) is 0.462. The van der Waals surface area contributed by atoms with E-state index in [2.05, 4.69) is 0 Å². The molecule has 4 heteroatoms. The lowest BCUT2D eigenvalue weighted by Crippen LogP contribution is -2.32. The molecule has 0 fully saturated rings. The Morgan fingerprint density at radius 1 is 1.41 bits per heavy atom. The number of hydrogen-bond donors (Lipinski definition) is 2. The SMILES string of the molecule is CC(CCN)C(=O)N(C)Cc1ccc(O)cc1. The Balaban J connectivity index is 2.56. The molecule has 0 bridgehead atoms. The Hall–Kier alpha value is -1.55. The van der Waals surface area contributed by atoms with Gasteiger partial charge in [-0.05, 0) is 30.7 Å². The van der Waals surface area contributed by atoms with Gasteiger partial charge in [-0.1, -0.05) is 19.1 Å². The minimum Gasteiger partial charge on any atom is -0.508 e. The molecule has 94 valence electrons. The van der Waals surface area contributed by atoms with Crippen LogP contribution >= 0.6 is 0 Å². The summed E-state index contributed by atoms with van der Waals surface area (Å²) in [5, 5.41) is 9.16. The second kappa shape index (κ2) is 6.25. The van der Waals surface area contributed by atoms with Crippen LogP contribution in [0.1, 0.15) is 18.9 Å². The minimum atomic E-state index is -0.0397. The average molecular weight is 236 g/mol. The molecule has 0 aliphatic carbocycles. The number of carbonyl (C=O) groups excluding carboxylic acids is 1. The number of amides is 1. The van der Waals surface area contributed by atoms with E-state index in [9.17, 15) is 4.79 Å². The third-order valence-corrected chi connectivity index (χ3v) is 2.75. The van der Waals surface area contributed by atoms with Crippen LogP contribution in [0.5, 0.6) is 5.75 Å². The summed E-state index contributed by atoms with van der Waals surface area (Å²) < 4.78 is 0. The summed E-state index contributed by atoms with van der Waals surface area (Å²) in [6.07, 6.45) is 0.707. The zero-order chi connectivity index (χ0) is 12.8. The van der Waals surface area contributed by atoms with Crippen LogP contribution in [0.3, 0.4) is 0 Å². The molecule has 1 aromatic rings. The number of nitrogens with zero attached hydrogens (tertiary/aromatic N) is 1. The van der Waals surface area contributed by atoms with E-state index in [-0.39, 0.29) is 17.6 Å². The monoisotopic (exact) mass is 236 g/mol. The summed E-state index contributed by atoms with van der Waals surface area (Å²) in [6, 6.07) is 6.87. The number of rotatable bonds is 5. The number of phenols is 1. The van der Waals surface area contributed by atoms with E-state index in [1.54, 1.807) is 24.1 Å². The molecule has 1 unspecified atom stereocenters. The van der Waals surface area contributed by atoms with E-state index in [1.807, 2.05) is 19.1 Å². The third-order valence-electron chi connectivity index (χ3n) is 2.75. The first-order valence-corrected chi connectivity index (χ1v) is 5.77. The lowest BCUT2D eigenvalue weighted by molar-refractivity contribution is -0.134. The van der Waals surface area contributed by atoms with E-state index in [0.29, 0.717) is 19.5 Å². The number of carbonyl (C=O) groups is 1. The predicted octanol–water partition coefficient (Wildman–Crippen LogP) is 1.34. The largest absolute Gasteiger partial charge is 0.508 e. The summed E-state index contributed by atoms with van der Waals surface area (Å²) in [5.41, 5.74) is 6.44. The van der Waals surface area contributed by atoms with Gasteiger partial charge in [0.1, 0.15) is 5.75 Å². The molecule has 0 aliphatic heterocycles. The van der Waals surface area contributed by atoms with Crippen molar-refractivity contribution in [2.24, 2.45) is 11.7 Å². The molecule has 0 aromatic heterocycles. The zero-order valence-corrected chi connectivity index (χ0v) is 10.4. The van der Waals surface area contributed by atoms with Crippen molar-refractivity contribution in [1.82, 2.24) is 4.90 Å². The maximum absolute atomic E-state index is 11.9. The van der Waals surface area contributed by atoms with Gasteiger partial charge in [0, 0.05) is 19.5 Å². The molecule has 1 rings (SSSR count). The summed E-state index contributed by atoms with van der Waals surface area (Å²) in [5.74, 6) is 0.296. The van der Waals surface area contributed by atoms with Crippen LogP contribution in [0.2, 0.25) is 0 Å². The van der Waals surface area contributed by atoms with Crippen molar-refractivity contribution in [2.45, 2.75) is 19.9 Å². The average Bonchev–Trinajstić information content (AvgIpc) is 2.31. The number of hydrogen-bond acceptors (Lipinski definition) is 3. The van der Waals surface area contributed by atoms with Crippen LogP contribution in [0, 0.1) is 5.92 Å². The summed E-state index contributed by atoms with van der Waals surface area (Å²) in [7, 11) is 1.78. The van der Waals surface area contributed by atoms with E-state index in [1.165, 1.54) is 0 Å². The number of benzene rings is 1. The molecule has 0 heterocycles. The van der Waals surface area contributed by atoms with Crippen molar-refractivity contribution in [3.8, 4) is 5.75 Å². The van der Waals surface area contributed by atoms with E-state index in [4.69, 9.17) is 10.8 Å². The van der Waals surface area contributed by atoms with Gasteiger partial charge in [-0.3, -0.25) is 4.79 Å². The van der Waals surface area contributed by atoms with E-state index < -0.39 is 0 Å². The van der Waals surface area contributed by atoms with Gasteiger partial charge in [0.05, 0.1) is 0 Å². The topological polar surface area (TPSA) is 66.6 Å². The Labute approximate surface area is 102 Å². The predicted molar refractivity (Wildman–Crippen MR) is 67.4 cm³/mol. The smallest absolute Gasteiger partial charge is 0.225 e. The highest BCUT2D eigenvalue weighted by molar-refractivity contribution is 5.78. The molecular formula is C13H20N2O2. The van der Waals surface area contributed by atoms with Gasteiger partial charge in [-0.15, -0.1) is 0 Å². The van der Waals surface area contributed by atoms with Crippen LogP contribution in [0.4, 0.5) is 0 Å². The molecule has 3 N–H and O–H groups in total. The van der Waals surface area contributed by atoms with Gasteiger partial charge in [0.2, 0.25) is 5.91 Å². The first-order valence-electron chi connectivity index (χ1n) is 5.77. The third kappa shape index (κ3) is 4.07. The van der Waals surface area contributed by atoms with Crippen molar-refractivity contribution in [2.75, 3.05) is 13.6 Å². The van der Waals surface area contributed by atoms with Crippen LogP contribution in [0.15, 0.2) is 24.3 Å². The highest BCUT2D eigenvalue weighted by Crippen LogP contribution is 2.13. The first kappa shape index (κ1) is 13.5. The Bertz CT molecular complexity index is 362. The Morgan fingerprint density at radius 3 is 2.53 bits per heavy atom. The molecule has 0 saturated carbocycles. The summed E-state index contributed by atoms with van der Waals surface area (Å²) in [4.78, 5) is 13.6. The molecule has 1 aromatic carbocycles. The maximum atomic E-state index is 11.9. The van der Waals surface area contributed by atoms with Crippen molar-refractivity contribution < 1.29 is 9.90 Å². The van der Waals surface area contributed by atoms with E-state index in [0.717, 1.165) is 5.56 Å². The van der Waals surface area contributed by atoms with Gasteiger partial charge in [-0.25, -0.2) is 0 Å². The zero-order valence-electron chi connectivity index (χ0n) is 10.4. The second-order valence-corrected chi connectivity index (χ2v) is 4.34. The maximum Gasteiger partial charge on any atom is 0.225 e. The highest BCUT2D eigenvalue weighted by Gasteiger charge is 2.16. The van der Waals surface area contributed by atoms with Crippen molar-refractivity contribution in [3.05, 3.63) is 29.8 Å². The first-order chi connectivity index (χ1) is 8.04. The van der Waals surface area contributed by atoms with Crippen LogP contribution in [-0.2, 0) is 11.3 Å². The molecule has 0 spiro atoms. The fourth-order valence-electron chi connectivity index (χ4n) is 1.70. The molecule has 0 aliphatic rings. The quantitative estimate of drug-likeness (QED) is 0.810. The number of phenolic OH excluding ortho intramolecular Hbond substituents is 1. The molecule has 1 atom stereocenters. The molecule has 4 nitrogen and oxygen atoms in total. The lowest BCUT2D eigenvalue weighted by Gasteiger charge is -2.21. The van der Waals surface area contributed by atoms with Crippen LogP contribution < -0.4 is 5.73 Å². The second-order valence-electron chi connectivity index (χ2n) is 4.34. The Kier molecular flexibility index (Phi) is 4.97. The van der Waals surface area contributed by atoms with Crippen LogP contribution in [0.25, 0.3) is 0 Å². The van der Waals surface area contributed by atoms with Gasteiger partial charge < -0.3 is 15.7 Å².